The lowest BCUT2D eigenvalue weighted by Crippen LogP contribution is -2.36. The minimum atomic E-state index is -4.91. The van der Waals surface area contributed by atoms with Crippen LogP contribution in [-0.4, -0.2) is 24.6 Å². The molecule has 0 radical (unpaired) electrons. The van der Waals surface area contributed by atoms with Crippen molar-refractivity contribution in [1.82, 2.24) is 5.32 Å². The summed E-state index contributed by atoms with van der Waals surface area (Å²) in [7, 11) is 0. The van der Waals surface area contributed by atoms with Gasteiger partial charge < -0.3 is 15.4 Å². The normalized spacial score (nSPS) is 11.0. The predicted molar refractivity (Wildman–Crippen MR) is 98.9 cm³/mol. The van der Waals surface area contributed by atoms with Crippen LogP contribution in [0.15, 0.2) is 48.5 Å². The summed E-state index contributed by atoms with van der Waals surface area (Å²) in [4.78, 5) is 22.7. The fourth-order valence-electron chi connectivity index (χ4n) is 2.27. The minimum absolute atomic E-state index is 0.189. The number of nitrogens with one attached hydrogen (secondary N) is 2. The highest BCUT2D eigenvalue weighted by Crippen LogP contribution is 2.15. The van der Waals surface area contributed by atoms with E-state index in [0.29, 0.717) is 24.3 Å². The lowest BCUT2D eigenvalue weighted by Gasteiger charge is -2.09. The lowest BCUT2D eigenvalue weighted by molar-refractivity contribution is -0.173. The summed E-state index contributed by atoms with van der Waals surface area (Å²) in [5.41, 5.74) is 2.15. The fraction of sp³-hybridized carbons (Fsp3) is 0.300. The van der Waals surface area contributed by atoms with E-state index in [1.54, 1.807) is 17.4 Å². The first-order valence-corrected chi connectivity index (χ1v) is 8.67. The summed E-state index contributed by atoms with van der Waals surface area (Å²) < 4.78 is 41.9. The van der Waals surface area contributed by atoms with E-state index >= 15 is 0 Å². The Morgan fingerprint density at radius 2 is 1.64 bits per heavy atom. The van der Waals surface area contributed by atoms with Gasteiger partial charge in [0.05, 0.1) is 6.61 Å². The molecule has 5 nitrogen and oxygen atoms in total. The standard InChI is InChI=1S/C20H21F3N2O3/c1-14-4-10-17(11-5-14)28-12-2-3-18(26)25-16-8-6-15(7-9-16)13-24-19(27)20(21,22)23/h4-11H,2-3,12-13H2,1H3,(H,24,27)(H,25,26). The van der Waals surface area contributed by atoms with Crippen molar-refractivity contribution in [1.29, 1.82) is 0 Å². The van der Waals surface area contributed by atoms with Crippen molar-refractivity contribution in [3.63, 3.8) is 0 Å². The van der Waals surface area contributed by atoms with Gasteiger partial charge in [-0.05, 0) is 43.2 Å². The Balaban J connectivity index is 1.69. The molecule has 0 heterocycles. The van der Waals surface area contributed by atoms with E-state index < -0.39 is 12.1 Å². The van der Waals surface area contributed by atoms with Crippen LogP contribution in [0.2, 0.25) is 0 Å². The van der Waals surface area contributed by atoms with E-state index in [1.165, 1.54) is 12.1 Å². The maximum Gasteiger partial charge on any atom is 0.471 e. The molecule has 0 saturated heterocycles. The number of ether oxygens (including phenoxy) is 1. The van der Waals surface area contributed by atoms with E-state index in [4.69, 9.17) is 4.74 Å². The summed E-state index contributed by atoms with van der Waals surface area (Å²) in [5.74, 6) is -1.43. The SMILES string of the molecule is Cc1ccc(OCCCC(=O)Nc2ccc(CNC(=O)C(F)(F)F)cc2)cc1. The molecule has 0 aliphatic heterocycles. The first-order chi connectivity index (χ1) is 13.2. The van der Waals surface area contributed by atoms with Gasteiger partial charge in [0, 0.05) is 18.7 Å². The molecule has 0 spiro atoms. The van der Waals surface area contributed by atoms with Crippen LogP contribution in [0.3, 0.4) is 0 Å². The molecule has 0 saturated carbocycles. The quantitative estimate of drug-likeness (QED) is 0.666. The number of benzene rings is 2. The van der Waals surface area contributed by atoms with Gasteiger partial charge in [0.15, 0.2) is 0 Å². The van der Waals surface area contributed by atoms with Gasteiger partial charge in [-0.2, -0.15) is 13.2 Å². The van der Waals surface area contributed by atoms with Gasteiger partial charge in [-0.3, -0.25) is 9.59 Å². The van der Waals surface area contributed by atoms with Gasteiger partial charge >= 0.3 is 12.1 Å². The maximum atomic E-state index is 12.1. The molecule has 150 valence electrons. The molecule has 2 rings (SSSR count). The van der Waals surface area contributed by atoms with Crippen LogP contribution in [0.25, 0.3) is 0 Å². The van der Waals surface area contributed by atoms with E-state index in [9.17, 15) is 22.8 Å². The molecule has 0 atom stereocenters. The zero-order valence-electron chi connectivity index (χ0n) is 15.3. The number of aryl methyl sites for hydroxylation is 1. The Morgan fingerprint density at radius 1 is 1.00 bits per heavy atom. The molecule has 28 heavy (non-hydrogen) atoms. The molecule has 2 amide bonds. The number of carbonyl (C=O) groups excluding carboxylic acids is 2. The predicted octanol–water partition coefficient (Wildman–Crippen LogP) is 3.97. The first-order valence-electron chi connectivity index (χ1n) is 8.67. The third-order valence-corrected chi connectivity index (χ3v) is 3.79. The highest BCUT2D eigenvalue weighted by molar-refractivity contribution is 5.90. The van der Waals surface area contributed by atoms with Gasteiger partial charge in [0.25, 0.3) is 0 Å². The number of hydrogen-bond donors (Lipinski definition) is 2. The second-order valence-electron chi connectivity index (χ2n) is 6.19. The Labute approximate surface area is 160 Å². The van der Waals surface area contributed by atoms with Crippen LogP contribution >= 0.6 is 0 Å². The van der Waals surface area contributed by atoms with Crippen LogP contribution in [-0.2, 0) is 16.1 Å². The van der Waals surface area contributed by atoms with Crippen molar-refractivity contribution in [3.8, 4) is 5.75 Å². The summed E-state index contributed by atoms with van der Waals surface area (Å²) in [6.45, 7) is 2.15. The second kappa shape index (κ2) is 9.77. The molecular formula is C20H21F3N2O3. The van der Waals surface area contributed by atoms with Gasteiger partial charge in [0.1, 0.15) is 5.75 Å². The third-order valence-electron chi connectivity index (χ3n) is 3.79. The van der Waals surface area contributed by atoms with Crippen molar-refractivity contribution in [2.75, 3.05) is 11.9 Å². The van der Waals surface area contributed by atoms with Gasteiger partial charge in [-0.25, -0.2) is 0 Å². The molecule has 0 aromatic heterocycles. The van der Waals surface area contributed by atoms with Crippen molar-refractivity contribution < 1.29 is 27.5 Å². The van der Waals surface area contributed by atoms with Gasteiger partial charge in [0.2, 0.25) is 5.91 Å². The van der Waals surface area contributed by atoms with Crippen molar-refractivity contribution in [2.45, 2.75) is 32.5 Å². The molecule has 2 aromatic carbocycles. The number of rotatable bonds is 8. The Morgan fingerprint density at radius 3 is 2.25 bits per heavy atom. The van der Waals surface area contributed by atoms with E-state index in [0.717, 1.165) is 11.3 Å². The number of anilines is 1. The lowest BCUT2D eigenvalue weighted by atomic mass is 10.2. The second-order valence-corrected chi connectivity index (χ2v) is 6.19. The number of halogens is 3. The molecule has 0 fully saturated rings. The smallest absolute Gasteiger partial charge is 0.471 e. The first kappa shape index (κ1) is 21.3. The highest BCUT2D eigenvalue weighted by atomic mass is 19.4. The topological polar surface area (TPSA) is 67.4 Å². The van der Waals surface area contributed by atoms with E-state index in [-0.39, 0.29) is 18.9 Å². The van der Waals surface area contributed by atoms with Crippen molar-refractivity contribution >= 4 is 17.5 Å². The Bertz CT molecular complexity index is 788. The van der Waals surface area contributed by atoms with Crippen LogP contribution in [0, 0.1) is 6.92 Å². The number of hydrogen-bond acceptors (Lipinski definition) is 3. The molecule has 0 aliphatic rings. The summed E-state index contributed by atoms with van der Waals surface area (Å²) in [6.07, 6.45) is -4.09. The monoisotopic (exact) mass is 394 g/mol. The van der Waals surface area contributed by atoms with Crippen LogP contribution in [0.1, 0.15) is 24.0 Å². The molecular weight excluding hydrogens is 373 g/mol. The van der Waals surface area contributed by atoms with Crippen LogP contribution < -0.4 is 15.4 Å². The molecule has 0 unspecified atom stereocenters. The van der Waals surface area contributed by atoms with E-state index in [1.807, 2.05) is 31.2 Å². The fourth-order valence-corrected chi connectivity index (χ4v) is 2.27. The highest BCUT2D eigenvalue weighted by Gasteiger charge is 2.38. The number of alkyl halides is 3. The van der Waals surface area contributed by atoms with E-state index in [2.05, 4.69) is 5.32 Å². The van der Waals surface area contributed by atoms with Gasteiger partial charge in [-0.1, -0.05) is 29.8 Å². The molecule has 8 heteroatoms. The summed E-state index contributed by atoms with van der Waals surface area (Å²) in [6, 6.07) is 13.8. The molecule has 2 N–H and O–H groups in total. The summed E-state index contributed by atoms with van der Waals surface area (Å²) >= 11 is 0. The number of carbonyl (C=O) groups is 2. The van der Waals surface area contributed by atoms with Crippen LogP contribution in [0.4, 0.5) is 18.9 Å². The minimum Gasteiger partial charge on any atom is -0.494 e. The largest absolute Gasteiger partial charge is 0.494 e. The number of amides is 2. The molecule has 0 bridgehead atoms. The van der Waals surface area contributed by atoms with Crippen LogP contribution in [0.5, 0.6) is 5.75 Å². The Kier molecular flexibility index (Phi) is 7.43. The molecule has 2 aromatic rings. The zero-order chi connectivity index (χ0) is 20.6. The maximum absolute atomic E-state index is 12.1. The average molecular weight is 394 g/mol. The summed E-state index contributed by atoms with van der Waals surface area (Å²) in [5, 5.41) is 4.49. The average Bonchev–Trinajstić information content (AvgIpc) is 2.65. The zero-order valence-corrected chi connectivity index (χ0v) is 15.3. The third kappa shape index (κ3) is 7.30. The van der Waals surface area contributed by atoms with Crippen molar-refractivity contribution in [3.05, 3.63) is 59.7 Å². The van der Waals surface area contributed by atoms with Gasteiger partial charge in [-0.15, -0.1) is 0 Å². The Hall–Kier alpha value is -3.03. The molecule has 0 aliphatic carbocycles. The van der Waals surface area contributed by atoms with Crippen molar-refractivity contribution in [2.24, 2.45) is 0 Å².